The maximum Gasteiger partial charge on any atom is 0.244 e. The summed E-state index contributed by atoms with van der Waals surface area (Å²) in [6.45, 7) is 5.42. The number of benzene rings is 1. The molecule has 0 radical (unpaired) electrons. The first-order valence-corrected chi connectivity index (χ1v) is 7.47. The van der Waals surface area contributed by atoms with E-state index in [4.69, 9.17) is 10.5 Å². The maximum atomic E-state index is 11.5. The number of nitrogens with two attached hydrogens (primary N) is 1. The molecule has 1 aliphatic carbocycles. The highest BCUT2D eigenvalue weighted by Gasteiger charge is 2.45. The summed E-state index contributed by atoms with van der Waals surface area (Å²) in [6, 6.07) is 9.44. The third-order valence-corrected chi connectivity index (χ3v) is 3.93. The second kappa shape index (κ2) is 5.76. The van der Waals surface area contributed by atoms with Gasteiger partial charge in [-0.3, -0.25) is 4.79 Å². The van der Waals surface area contributed by atoms with Crippen LogP contribution in [0.25, 0.3) is 0 Å². The smallest absolute Gasteiger partial charge is 0.244 e. The molecule has 0 spiro atoms. The van der Waals surface area contributed by atoms with Gasteiger partial charge in [-0.1, -0.05) is 18.7 Å². The summed E-state index contributed by atoms with van der Waals surface area (Å²) >= 11 is 0. The normalized spacial score (nSPS) is 14.8. The number of hydrogen-bond acceptors (Lipinski definition) is 4. The van der Waals surface area contributed by atoms with Crippen LogP contribution in [0.15, 0.2) is 49.2 Å². The number of anilines is 1. The molecule has 5 nitrogen and oxygen atoms in total. The zero-order chi connectivity index (χ0) is 16.4. The number of aryl methyl sites for hydroxylation is 1. The Kier molecular flexibility index (Phi) is 3.78. The molecule has 1 fully saturated rings. The van der Waals surface area contributed by atoms with E-state index >= 15 is 0 Å². The molecule has 0 bridgehead atoms. The number of carbonyl (C=O) groups is 1. The summed E-state index contributed by atoms with van der Waals surface area (Å²) < 4.78 is 5.71. The molecular weight excluding hydrogens is 290 g/mol. The first kappa shape index (κ1) is 15.1. The Hall–Kier alpha value is -2.82. The van der Waals surface area contributed by atoms with E-state index in [1.165, 1.54) is 6.08 Å². The van der Waals surface area contributed by atoms with Crippen LogP contribution in [-0.4, -0.2) is 10.9 Å². The predicted octanol–water partition coefficient (Wildman–Crippen LogP) is 3.06. The molecule has 1 saturated carbocycles. The Morgan fingerprint density at radius 3 is 2.65 bits per heavy atom. The lowest BCUT2D eigenvalue weighted by Gasteiger charge is -2.17. The highest BCUT2D eigenvalue weighted by molar-refractivity contribution is 5.88. The van der Waals surface area contributed by atoms with E-state index in [2.05, 4.69) is 16.9 Å². The van der Waals surface area contributed by atoms with Crippen molar-refractivity contribution in [2.24, 2.45) is 0 Å². The van der Waals surface area contributed by atoms with Crippen molar-refractivity contribution in [1.29, 1.82) is 0 Å². The van der Waals surface area contributed by atoms with Crippen LogP contribution in [0.5, 0.6) is 11.6 Å². The van der Waals surface area contributed by atoms with Crippen molar-refractivity contribution in [3.63, 3.8) is 0 Å². The molecule has 2 aromatic rings. The topological polar surface area (TPSA) is 77.2 Å². The Morgan fingerprint density at radius 2 is 2.09 bits per heavy atom. The average Bonchev–Trinajstić information content (AvgIpc) is 3.31. The number of nitrogens with zero attached hydrogens (tertiary/aromatic N) is 1. The van der Waals surface area contributed by atoms with Crippen LogP contribution < -0.4 is 15.8 Å². The second-order valence-corrected chi connectivity index (χ2v) is 5.81. The Bertz CT molecular complexity index is 749. The van der Waals surface area contributed by atoms with Gasteiger partial charge in [0.25, 0.3) is 0 Å². The number of aromatic nitrogens is 1. The van der Waals surface area contributed by atoms with Gasteiger partial charge < -0.3 is 15.8 Å². The summed E-state index contributed by atoms with van der Waals surface area (Å²) in [7, 11) is 0. The van der Waals surface area contributed by atoms with Gasteiger partial charge in [-0.05, 0) is 55.2 Å². The number of rotatable bonds is 5. The Labute approximate surface area is 135 Å². The number of pyridine rings is 1. The van der Waals surface area contributed by atoms with Crippen LogP contribution in [0, 0.1) is 6.92 Å². The van der Waals surface area contributed by atoms with E-state index < -0.39 is 0 Å². The Morgan fingerprint density at radius 1 is 1.39 bits per heavy atom. The predicted molar refractivity (Wildman–Crippen MR) is 89.2 cm³/mol. The van der Waals surface area contributed by atoms with Crippen molar-refractivity contribution in [3.8, 4) is 11.6 Å². The number of amides is 1. The van der Waals surface area contributed by atoms with Crippen molar-refractivity contribution in [1.82, 2.24) is 10.3 Å². The molecule has 0 saturated heterocycles. The molecule has 1 aromatic carbocycles. The SMILES string of the molecule is C=CC(=O)NC1(c2ccc(Oc3ncc(C)cc3N)cc2)CC1. The van der Waals surface area contributed by atoms with Crippen molar-refractivity contribution in [3.05, 3.63) is 60.3 Å². The minimum absolute atomic E-state index is 0.153. The molecule has 0 aliphatic heterocycles. The molecular formula is C18H19N3O2. The monoisotopic (exact) mass is 309 g/mol. The minimum atomic E-state index is -0.259. The molecule has 1 heterocycles. The highest BCUT2D eigenvalue weighted by Crippen LogP contribution is 2.46. The molecule has 118 valence electrons. The van der Waals surface area contributed by atoms with Gasteiger partial charge in [0.2, 0.25) is 11.8 Å². The maximum absolute atomic E-state index is 11.5. The van der Waals surface area contributed by atoms with Crippen molar-refractivity contribution in [2.75, 3.05) is 5.73 Å². The zero-order valence-corrected chi connectivity index (χ0v) is 13.0. The molecule has 0 atom stereocenters. The third kappa shape index (κ3) is 3.18. The molecule has 5 heteroatoms. The zero-order valence-electron chi connectivity index (χ0n) is 13.0. The summed E-state index contributed by atoms with van der Waals surface area (Å²) in [5.41, 5.74) is 8.20. The molecule has 3 N–H and O–H groups in total. The standard InChI is InChI=1S/C18H19N3O2/c1-3-16(22)21-18(8-9-18)13-4-6-14(7-5-13)23-17-15(19)10-12(2)11-20-17/h3-7,10-11H,1,8-9,19H2,2H3,(H,21,22). The van der Waals surface area contributed by atoms with Gasteiger partial charge >= 0.3 is 0 Å². The number of ether oxygens (including phenoxy) is 1. The van der Waals surface area contributed by atoms with Crippen molar-refractivity contribution < 1.29 is 9.53 Å². The summed E-state index contributed by atoms with van der Waals surface area (Å²) in [5.74, 6) is 0.895. The molecule has 1 aromatic heterocycles. The van der Waals surface area contributed by atoms with Crippen molar-refractivity contribution >= 4 is 11.6 Å². The van der Waals surface area contributed by atoms with Crippen LogP contribution in [-0.2, 0) is 10.3 Å². The summed E-state index contributed by atoms with van der Waals surface area (Å²) in [4.78, 5) is 15.7. The lowest BCUT2D eigenvalue weighted by molar-refractivity contribution is -0.117. The number of hydrogen-bond donors (Lipinski definition) is 2. The van der Waals surface area contributed by atoms with E-state index in [1.807, 2.05) is 37.3 Å². The van der Waals surface area contributed by atoms with Gasteiger partial charge in [0.1, 0.15) is 5.75 Å². The van der Waals surface area contributed by atoms with Gasteiger partial charge in [0.05, 0.1) is 11.2 Å². The van der Waals surface area contributed by atoms with Crippen LogP contribution in [0.2, 0.25) is 0 Å². The summed E-state index contributed by atoms with van der Waals surface area (Å²) in [5, 5.41) is 2.99. The molecule has 23 heavy (non-hydrogen) atoms. The van der Waals surface area contributed by atoms with Gasteiger partial charge in [0, 0.05) is 6.20 Å². The van der Waals surface area contributed by atoms with Crippen LogP contribution in [0.3, 0.4) is 0 Å². The van der Waals surface area contributed by atoms with Crippen molar-refractivity contribution in [2.45, 2.75) is 25.3 Å². The lowest BCUT2D eigenvalue weighted by atomic mass is 10.0. The van der Waals surface area contributed by atoms with E-state index in [-0.39, 0.29) is 11.4 Å². The van der Waals surface area contributed by atoms with Gasteiger partial charge in [-0.25, -0.2) is 4.98 Å². The highest BCUT2D eigenvalue weighted by atomic mass is 16.5. The Balaban J connectivity index is 1.75. The third-order valence-electron chi connectivity index (χ3n) is 3.93. The van der Waals surface area contributed by atoms with Crippen LogP contribution >= 0.6 is 0 Å². The fourth-order valence-corrected chi connectivity index (χ4v) is 2.52. The largest absolute Gasteiger partial charge is 0.437 e. The molecule has 0 unspecified atom stereocenters. The number of nitrogens with one attached hydrogen (secondary N) is 1. The van der Waals surface area contributed by atoms with Crippen LogP contribution in [0.4, 0.5) is 5.69 Å². The first-order chi connectivity index (χ1) is 11.0. The van der Waals surface area contributed by atoms with E-state index in [0.29, 0.717) is 17.3 Å². The fraction of sp³-hybridized carbons (Fsp3) is 0.222. The first-order valence-electron chi connectivity index (χ1n) is 7.47. The average molecular weight is 309 g/mol. The summed E-state index contributed by atoms with van der Waals surface area (Å²) in [6.07, 6.45) is 4.87. The minimum Gasteiger partial charge on any atom is -0.437 e. The van der Waals surface area contributed by atoms with E-state index in [9.17, 15) is 4.79 Å². The number of nitrogen functional groups attached to an aromatic ring is 1. The molecule has 1 aliphatic rings. The van der Waals surface area contributed by atoms with Gasteiger partial charge in [-0.2, -0.15) is 0 Å². The van der Waals surface area contributed by atoms with E-state index in [1.54, 1.807) is 6.20 Å². The van der Waals surface area contributed by atoms with Crippen LogP contribution in [0.1, 0.15) is 24.0 Å². The van der Waals surface area contributed by atoms with Gasteiger partial charge in [-0.15, -0.1) is 0 Å². The number of carbonyl (C=O) groups excluding carboxylic acids is 1. The van der Waals surface area contributed by atoms with E-state index in [0.717, 1.165) is 24.0 Å². The second-order valence-electron chi connectivity index (χ2n) is 5.81. The fourth-order valence-electron chi connectivity index (χ4n) is 2.52. The quantitative estimate of drug-likeness (QED) is 0.832. The molecule has 3 rings (SSSR count). The van der Waals surface area contributed by atoms with Gasteiger partial charge in [0.15, 0.2) is 0 Å². The molecule has 1 amide bonds. The lowest BCUT2D eigenvalue weighted by Crippen LogP contribution is -2.33.